The molecule has 0 aliphatic carbocycles. The van der Waals surface area contributed by atoms with Crippen molar-refractivity contribution >= 4 is 34.8 Å². The first-order chi connectivity index (χ1) is 16.1. The lowest BCUT2D eigenvalue weighted by Crippen LogP contribution is -2.40. The van der Waals surface area contributed by atoms with E-state index in [4.69, 9.17) is 22.8 Å². The molecule has 3 aromatic rings. The van der Waals surface area contributed by atoms with Gasteiger partial charge in [0.05, 0.1) is 5.02 Å². The van der Waals surface area contributed by atoms with Crippen molar-refractivity contribution in [2.45, 2.75) is 12.5 Å². The molecule has 3 rings (SSSR count). The van der Waals surface area contributed by atoms with Gasteiger partial charge in [0.2, 0.25) is 5.91 Å². The Labute approximate surface area is 202 Å². The van der Waals surface area contributed by atoms with E-state index >= 15 is 0 Å². The number of thiophene rings is 1. The molecule has 1 atom stereocenters. The zero-order valence-electron chi connectivity index (χ0n) is 17.6. The third kappa shape index (κ3) is 7.43. The Morgan fingerprint density at radius 1 is 1.12 bits per heavy atom. The number of hydrogen-bond acceptors (Lipinski definition) is 4. The molecule has 166 valence electrons. The molecule has 1 unspecified atom stereocenters. The molecule has 0 saturated heterocycles. The average molecular weight is 477 g/mol. The van der Waals surface area contributed by atoms with Crippen LogP contribution in [0.4, 0.5) is 0 Å². The normalized spacial score (nSPS) is 10.8. The van der Waals surface area contributed by atoms with Gasteiger partial charge in [-0.25, -0.2) is 0 Å². The molecular formula is C26H21ClN2O3S. The predicted molar refractivity (Wildman–Crippen MR) is 131 cm³/mol. The summed E-state index contributed by atoms with van der Waals surface area (Å²) in [6.45, 7) is 0.559. The number of amides is 2. The van der Waals surface area contributed by atoms with Crippen molar-refractivity contribution in [3.05, 3.63) is 87.1 Å². The van der Waals surface area contributed by atoms with E-state index in [0.29, 0.717) is 29.3 Å². The van der Waals surface area contributed by atoms with Crippen molar-refractivity contribution in [3.8, 4) is 29.9 Å². The highest BCUT2D eigenvalue weighted by atomic mass is 35.5. The fourth-order valence-electron chi connectivity index (χ4n) is 2.91. The molecule has 1 aromatic heterocycles. The minimum Gasteiger partial charge on any atom is -0.479 e. The molecular weight excluding hydrogens is 456 g/mol. The van der Waals surface area contributed by atoms with E-state index in [1.807, 2.05) is 41.8 Å². The number of halogens is 1. The van der Waals surface area contributed by atoms with Crippen LogP contribution in [0.15, 0.2) is 66.0 Å². The molecule has 2 aromatic carbocycles. The summed E-state index contributed by atoms with van der Waals surface area (Å²) in [6, 6.07) is 17.5. The number of carbonyl (C=O) groups excluding carboxylic acids is 2. The second-order valence-electron chi connectivity index (χ2n) is 6.84. The van der Waals surface area contributed by atoms with Gasteiger partial charge in [0.25, 0.3) is 5.91 Å². The zero-order valence-corrected chi connectivity index (χ0v) is 19.2. The molecule has 0 spiro atoms. The van der Waals surface area contributed by atoms with Crippen LogP contribution in [-0.4, -0.2) is 25.0 Å². The number of hydrogen-bond donors (Lipinski definition) is 2. The van der Waals surface area contributed by atoms with Crippen LogP contribution in [0.25, 0.3) is 0 Å². The Bertz CT molecular complexity index is 1190. The summed E-state index contributed by atoms with van der Waals surface area (Å²) in [5, 5.41) is 7.78. The molecule has 0 aliphatic rings. The summed E-state index contributed by atoms with van der Waals surface area (Å²) in [5.41, 5.74) is 1.65. The van der Waals surface area contributed by atoms with Gasteiger partial charge in [-0.2, -0.15) is 0 Å². The quantitative estimate of drug-likeness (QED) is 0.483. The van der Waals surface area contributed by atoms with E-state index in [9.17, 15) is 9.59 Å². The maximum atomic E-state index is 12.8. The molecule has 33 heavy (non-hydrogen) atoms. The number of benzene rings is 2. The van der Waals surface area contributed by atoms with Crippen molar-refractivity contribution in [1.82, 2.24) is 10.6 Å². The maximum absolute atomic E-state index is 12.8. The maximum Gasteiger partial charge on any atom is 0.297 e. The van der Waals surface area contributed by atoms with Gasteiger partial charge in [-0.05, 0) is 41.6 Å². The number of carbonyl (C=O) groups is 2. The van der Waals surface area contributed by atoms with E-state index in [-0.39, 0.29) is 12.5 Å². The summed E-state index contributed by atoms with van der Waals surface area (Å²) in [5.74, 6) is 7.20. The van der Waals surface area contributed by atoms with Crippen molar-refractivity contribution in [2.24, 2.45) is 0 Å². The van der Waals surface area contributed by atoms with Crippen molar-refractivity contribution in [1.29, 1.82) is 0 Å². The molecule has 2 amide bonds. The molecule has 7 heteroatoms. The number of ether oxygens (including phenoxy) is 1. The van der Waals surface area contributed by atoms with Crippen LogP contribution in [0.5, 0.6) is 5.75 Å². The highest BCUT2D eigenvalue weighted by Crippen LogP contribution is 2.25. The average Bonchev–Trinajstić information content (AvgIpc) is 3.36. The van der Waals surface area contributed by atoms with Crippen LogP contribution in [0, 0.1) is 24.2 Å². The monoisotopic (exact) mass is 476 g/mol. The second-order valence-corrected chi connectivity index (χ2v) is 8.22. The van der Waals surface area contributed by atoms with Crippen molar-refractivity contribution in [3.63, 3.8) is 0 Å². The topological polar surface area (TPSA) is 67.4 Å². The lowest BCUT2D eigenvalue weighted by molar-refractivity contribution is -0.126. The molecule has 0 aliphatic heterocycles. The highest BCUT2D eigenvalue weighted by molar-refractivity contribution is 7.10. The summed E-state index contributed by atoms with van der Waals surface area (Å²) in [6.07, 6.45) is 5.87. The molecule has 0 fully saturated rings. The van der Waals surface area contributed by atoms with Crippen LogP contribution in [-0.2, 0) is 16.0 Å². The van der Waals surface area contributed by atoms with Gasteiger partial charge in [-0.15, -0.1) is 17.8 Å². The Kier molecular flexibility index (Phi) is 8.97. The van der Waals surface area contributed by atoms with Crippen LogP contribution >= 0.6 is 22.9 Å². The number of rotatable bonds is 8. The summed E-state index contributed by atoms with van der Waals surface area (Å²) in [4.78, 5) is 26.0. The predicted octanol–water partition coefficient (Wildman–Crippen LogP) is 3.98. The van der Waals surface area contributed by atoms with Crippen LogP contribution in [0.2, 0.25) is 5.02 Å². The van der Waals surface area contributed by atoms with Crippen molar-refractivity contribution in [2.75, 3.05) is 13.2 Å². The number of terminal acetylenes is 1. The number of nitrogens with one attached hydrogen (secondary N) is 2. The molecule has 0 radical (unpaired) electrons. The van der Waals surface area contributed by atoms with Crippen molar-refractivity contribution < 1.29 is 14.3 Å². The van der Waals surface area contributed by atoms with Crippen LogP contribution in [0.3, 0.4) is 0 Å². The Morgan fingerprint density at radius 3 is 2.64 bits per heavy atom. The zero-order chi connectivity index (χ0) is 23.5. The first-order valence-corrected chi connectivity index (χ1v) is 11.4. The van der Waals surface area contributed by atoms with Gasteiger partial charge in [0.1, 0.15) is 18.4 Å². The Balaban J connectivity index is 1.62. The lowest BCUT2D eigenvalue weighted by Gasteiger charge is -2.16. The minimum atomic E-state index is -0.828. The second kappa shape index (κ2) is 12.4. The Hall–Kier alpha value is -3.71. The van der Waals surface area contributed by atoms with E-state index < -0.39 is 11.9 Å². The third-order valence-corrected chi connectivity index (χ3v) is 5.72. The fourth-order valence-corrected chi connectivity index (χ4v) is 3.92. The molecule has 5 nitrogen and oxygen atoms in total. The smallest absolute Gasteiger partial charge is 0.297 e. The fraction of sp³-hybridized carbons (Fsp3) is 0.154. The summed E-state index contributed by atoms with van der Waals surface area (Å²) < 4.78 is 5.31. The van der Waals surface area contributed by atoms with Crippen LogP contribution in [0.1, 0.15) is 22.0 Å². The molecule has 1 heterocycles. The molecule has 0 saturated carbocycles. The largest absolute Gasteiger partial charge is 0.479 e. The van der Waals surface area contributed by atoms with Gasteiger partial charge < -0.3 is 15.4 Å². The lowest BCUT2D eigenvalue weighted by atomic mass is 10.1. The van der Waals surface area contributed by atoms with E-state index in [2.05, 4.69) is 28.4 Å². The van der Waals surface area contributed by atoms with Gasteiger partial charge >= 0.3 is 0 Å². The van der Waals surface area contributed by atoms with E-state index in [1.54, 1.807) is 24.3 Å². The van der Waals surface area contributed by atoms with Gasteiger partial charge in [0.15, 0.2) is 0 Å². The van der Waals surface area contributed by atoms with Gasteiger partial charge in [0, 0.05) is 22.9 Å². The first-order valence-electron chi connectivity index (χ1n) is 10.1. The SMILES string of the molecule is C#CCOc1ccc(C#CC(=O)NC(C(=O)NCCc2ccccc2)c2cccs2)cc1Cl. The molecule has 2 N–H and O–H groups in total. The highest BCUT2D eigenvalue weighted by Gasteiger charge is 2.22. The van der Waals surface area contributed by atoms with Crippen LogP contribution < -0.4 is 15.4 Å². The third-order valence-electron chi connectivity index (χ3n) is 4.48. The van der Waals surface area contributed by atoms with E-state index in [1.165, 1.54) is 11.3 Å². The minimum absolute atomic E-state index is 0.102. The van der Waals surface area contributed by atoms with E-state index in [0.717, 1.165) is 10.4 Å². The van der Waals surface area contributed by atoms with Gasteiger partial charge in [-0.3, -0.25) is 9.59 Å². The summed E-state index contributed by atoms with van der Waals surface area (Å²) in [7, 11) is 0. The molecule has 0 bridgehead atoms. The summed E-state index contributed by atoms with van der Waals surface area (Å²) >= 11 is 7.54. The first kappa shape index (κ1) is 23.9. The van der Waals surface area contributed by atoms with Gasteiger partial charge in [-0.1, -0.05) is 59.8 Å². The Morgan fingerprint density at radius 2 is 1.94 bits per heavy atom. The standard InChI is InChI=1S/C26H21ClN2O3S/c1-2-16-32-22-12-10-20(18-21(22)27)11-13-24(30)29-25(23-9-6-17-33-23)26(31)28-15-14-19-7-4-3-5-8-19/h1,3-10,12,17-18,25H,14-16H2,(H,28,31)(H,29,30).